The van der Waals surface area contributed by atoms with Crippen LogP contribution in [-0.2, 0) is 14.3 Å². The first-order valence-corrected chi connectivity index (χ1v) is 9.58. The molecule has 1 N–H and O–H groups in total. The fraction of sp³-hybridized carbons (Fsp3) is 0.500. The van der Waals surface area contributed by atoms with Crippen molar-refractivity contribution >= 4 is 61.0 Å². The smallest absolute Gasteiger partial charge is 0.310 e. The van der Waals surface area contributed by atoms with Gasteiger partial charge in [0.05, 0.1) is 21.7 Å². The number of hydrogen-bond acceptors (Lipinski definition) is 3. The van der Waals surface area contributed by atoms with Crippen LogP contribution in [-0.4, -0.2) is 22.8 Å². The van der Waals surface area contributed by atoms with Crippen LogP contribution >= 0.6 is 43.5 Å². The van der Waals surface area contributed by atoms with E-state index in [4.69, 9.17) is 16.3 Å². The van der Waals surface area contributed by atoms with E-state index in [9.17, 15) is 9.59 Å². The molecule has 3 fully saturated rings. The van der Waals surface area contributed by atoms with Gasteiger partial charge in [0.25, 0.3) is 0 Å². The second kappa shape index (κ2) is 5.46. The Morgan fingerprint density at radius 1 is 1.39 bits per heavy atom. The van der Waals surface area contributed by atoms with Crippen LogP contribution in [0.25, 0.3) is 0 Å². The van der Waals surface area contributed by atoms with Crippen molar-refractivity contribution in [2.45, 2.75) is 24.3 Å². The molecular formula is C16H14Br2ClNO3. The Hall–Kier alpha value is -0.590. The summed E-state index contributed by atoms with van der Waals surface area (Å²) in [4.78, 5) is 25.0. The molecule has 1 aromatic carbocycles. The average molecular weight is 464 g/mol. The van der Waals surface area contributed by atoms with Crippen molar-refractivity contribution < 1.29 is 14.3 Å². The fourth-order valence-corrected chi connectivity index (χ4v) is 5.99. The number of amides is 1. The van der Waals surface area contributed by atoms with Crippen molar-refractivity contribution in [1.82, 2.24) is 0 Å². The van der Waals surface area contributed by atoms with E-state index in [0.29, 0.717) is 10.7 Å². The van der Waals surface area contributed by atoms with Gasteiger partial charge in [-0.2, -0.15) is 0 Å². The minimum Gasteiger partial charge on any atom is -0.461 e. The largest absolute Gasteiger partial charge is 0.461 e. The summed E-state index contributed by atoms with van der Waals surface area (Å²) in [5.74, 6) is -0.668. The molecule has 2 saturated carbocycles. The van der Waals surface area contributed by atoms with Gasteiger partial charge in [-0.05, 0) is 52.9 Å². The molecule has 3 aliphatic rings. The van der Waals surface area contributed by atoms with Crippen LogP contribution < -0.4 is 5.32 Å². The molecule has 4 rings (SSSR count). The van der Waals surface area contributed by atoms with E-state index in [0.717, 1.165) is 16.5 Å². The molecule has 0 unspecified atom stereocenters. The molecular weight excluding hydrogens is 449 g/mol. The minimum atomic E-state index is -0.336. The molecule has 1 aliphatic heterocycles. The molecule has 0 spiro atoms. The van der Waals surface area contributed by atoms with Gasteiger partial charge in [-0.1, -0.05) is 27.5 Å². The summed E-state index contributed by atoms with van der Waals surface area (Å²) >= 11 is 13.1. The van der Waals surface area contributed by atoms with Crippen molar-refractivity contribution in [3.63, 3.8) is 0 Å². The maximum absolute atomic E-state index is 12.8. The Morgan fingerprint density at radius 2 is 2.13 bits per heavy atom. The highest BCUT2D eigenvalue weighted by Gasteiger charge is 2.67. The molecule has 23 heavy (non-hydrogen) atoms. The van der Waals surface area contributed by atoms with E-state index >= 15 is 0 Å². The third-order valence-corrected chi connectivity index (χ3v) is 7.75. The molecule has 1 saturated heterocycles. The first-order valence-electron chi connectivity index (χ1n) is 7.49. The maximum Gasteiger partial charge on any atom is 0.310 e. The van der Waals surface area contributed by atoms with Gasteiger partial charge in [0, 0.05) is 16.1 Å². The maximum atomic E-state index is 12.8. The normalized spacial score (nSPS) is 37.1. The number of nitrogens with one attached hydrogen (secondary N) is 1. The first-order chi connectivity index (χ1) is 10.9. The van der Waals surface area contributed by atoms with E-state index in [-0.39, 0.29) is 46.5 Å². The van der Waals surface area contributed by atoms with Crippen molar-refractivity contribution in [2.24, 2.45) is 23.7 Å². The molecule has 0 aromatic heterocycles. The lowest BCUT2D eigenvalue weighted by molar-refractivity contribution is -0.145. The fourth-order valence-electron chi connectivity index (χ4n) is 4.33. The average Bonchev–Trinajstić information content (AvgIpc) is 3.08. The van der Waals surface area contributed by atoms with E-state index in [1.807, 2.05) is 13.0 Å². The Kier molecular flexibility index (Phi) is 3.78. The second-order valence-corrected chi connectivity index (χ2v) is 8.85. The number of aryl methyl sites for hydroxylation is 1. The number of carbonyl (C=O) groups excluding carboxylic acids is 2. The monoisotopic (exact) mass is 461 g/mol. The van der Waals surface area contributed by atoms with Crippen LogP contribution in [0, 0.1) is 30.6 Å². The van der Waals surface area contributed by atoms with Crippen LogP contribution in [0.1, 0.15) is 12.0 Å². The molecule has 7 heteroatoms. The van der Waals surface area contributed by atoms with Gasteiger partial charge in [0.1, 0.15) is 6.10 Å². The summed E-state index contributed by atoms with van der Waals surface area (Å²) < 4.78 is 6.24. The quantitative estimate of drug-likeness (QED) is 0.534. The summed E-state index contributed by atoms with van der Waals surface area (Å²) in [5.41, 5.74) is 1.60. The Balaban J connectivity index is 1.61. The number of rotatable bonds is 2. The zero-order valence-electron chi connectivity index (χ0n) is 12.2. The highest BCUT2D eigenvalue weighted by atomic mass is 79.9. The summed E-state index contributed by atoms with van der Waals surface area (Å²) in [7, 11) is 0. The molecule has 1 amide bonds. The number of fused-ring (bicyclic) bond motifs is 1. The number of anilines is 1. The number of esters is 1. The number of alkyl halides is 1. The van der Waals surface area contributed by atoms with E-state index < -0.39 is 0 Å². The SMILES string of the molecule is Cc1cc(Br)c(Cl)cc1NC(=O)[C@@H]1[C@H]2C[C@H]3[C@H](OC(=O)[C@@H]31)[C@H]2Br. The summed E-state index contributed by atoms with van der Waals surface area (Å²) in [6.45, 7) is 1.91. The highest BCUT2D eigenvalue weighted by molar-refractivity contribution is 9.10. The topological polar surface area (TPSA) is 55.4 Å². The van der Waals surface area contributed by atoms with Gasteiger partial charge >= 0.3 is 5.97 Å². The molecule has 1 heterocycles. The van der Waals surface area contributed by atoms with Gasteiger partial charge in [0.15, 0.2) is 0 Å². The van der Waals surface area contributed by atoms with E-state index in [1.165, 1.54) is 0 Å². The molecule has 6 atom stereocenters. The number of ether oxygens (including phenoxy) is 1. The van der Waals surface area contributed by atoms with Crippen LogP contribution in [0.2, 0.25) is 5.02 Å². The summed E-state index contributed by atoms with van der Waals surface area (Å²) in [6, 6.07) is 3.60. The Bertz CT molecular complexity index is 726. The molecule has 4 nitrogen and oxygen atoms in total. The van der Waals surface area contributed by atoms with Gasteiger partial charge < -0.3 is 10.1 Å². The lowest BCUT2D eigenvalue weighted by Gasteiger charge is -2.27. The molecule has 0 radical (unpaired) electrons. The Morgan fingerprint density at radius 3 is 2.87 bits per heavy atom. The third kappa shape index (κ3) is 2.29. The van der Waals surface area contributed by atoms with Crippen molar-refractivity contribution in [2.75, 3.05) is 5.32 Å². The Labute approximate surface area is 155 Å². The van der Waals surface area contributed by atoms with Crippen LogP contribution in [0.15, 0.2) is 16.6 Å². The number of halogens is 3. The van der Waals surface area contributed by atoms with Crippen LogP contribution in [0.4, 0.5) is 5.69 Å². The number of hydrogen-bond donors (Lipinski definition) is 1. The summed E-state index contributed by atoms with van der Waals surface area (Å²) in [5, 5.41) is 3.50. The number of carbonyl (C=O) groups is 2. The first kappa shape index (κ1) is 15.9. The predicted molar refractivity (Wildman–Crippen MR) is 93.7 cm³/mol. The number of benzene rings is 1. The predicted octanol–water partition coefficient (Wildman–Crippen LogP) is 3.92. The molecule has 2 aliphatic carbocycles. The lowest BCUT2D eigenvalue weighted by Crippen LogP contribution is -2.40. The van der Waals surface area contributed by atoms with Gasteiger partial charge in [-0.15, -0.1) is 0 Å². The highest BCUT2D eigenvalue weighted by Crippen LogP contribution is 2.60. The van der Waals surface area contributed by atoms with Crippen molar-refractivity contribution in [3.05, 3.63) is 27.2 Å². The standard InChI is InChI=1S/C16H14Br2ClNO3/c1-5-2-8(17)9(19)4-10(5)20-15(21)11-6-3-7-12(11)16(22)23-14(7)13(6)18/h2,4,6-7,11-14H,3H2,1H3,(H,20,21)/t6-,7-,11-,12+,13+,14+/m1/s1. The van der Waals surface area contributed by atoms with Crippen LogP contribution in [0.3, 0.4) is 0 Å². The van der Waals surface area contributed by atoms with E-state index in [1.54, 1.807) is 6.07 Å². The second-order valence-electron chi connectivity index (χ2n) is 6.53. The molecule has 122 valence electrons. The minimum absolute atomic E-state index is 0.0644. The third-order valence-electron chi connectivity index (χ3n) is 5.35. The van der Waals surface area contributed by atoms with Crippen molar-refractivity contribution in [3.8, 4) is 0 Å². The van der Waals surface area contributed by atoms with Gasteiger partial charge in [-0.25, -0.2) is 0 Å². The zero-order chi connectivity index (χ0) is 16.5. The van der Waals surface area contributed by atoms with E-state index in [2.05, 4.69) is 37.2 Å². The van der Waals surface area contributed by atoms with Gasteiger partial charge in [-0.3, -0.25) is 9.59 Å². The van der Waals surface area contributed by atoms with Crippen molar-refractivity contribution in [1.29, 1.82) is 0 Å². The molecule has 2 bridgehead atoms. The van der Waals surface area contributed by atoms with Gasteiger partial charge in [0.2, 0.25) is 5.91 Å². The van der Waals surface area contributed by atoms with Crippen LogP contribution in [0.5, 0.6) is 0 Å². The molecule has 1 aromatic rings. The zero-order valence-corrected chi connectivity index (χ0v) is 16.1. The lowest BCUT2D eigenvalue weighted by atomic mass is 9.79. The summed E-state index contributed by atoms with van der Waals surface area (Å²) in [6.07, 6.45) is 0.806.